The highest BCUT2D eigenvalue weighted by Gasteiger charge is 2.13. The largest absolute Gasteiger partial charge is 0.478 e. The molecule has 0 radical (unpaired) electrons. The Kier molecular flexibility index (Phi) is 2.90. The second-order valence-corrected chi connectivity index (χ2v) is 4.29. The predicted molar refractivity (Wildman–Crippen MR) is 67.5 cm³/mol. The molecule has 1 aromatic carbocycles. The normalized spacial score (nSPS) is 11.0. The third-order valence-electron chi connectivity index (χ3n) is 3.09. The van der Waals surface area contributed by atoms with Gasteiger partial charge in [-0.05, 0) is 50.1 Å². The van der Waals surface area contributed by atoms with Crippen molar-refractivity contribution in [3.63, 3.8) is 0 Å². The Hall–Kier alpha value is -1.81. The summed E-state index contributed by atoms with van der Waals surface area (Å²) in [4.78, 5) is 14.3. The van der Waals surface area contributed by atoms with Crippen LogP contribution in [0.3, 0.4) is 0 Å². The molecule has 0 aliphatic rings. The number of carboxylic acids is 1. The van der Waals surface area contributed by atoms with E-state index in [0.29, 0.717) is 12.1 Å². The van der Waals surface area contributed by atoms with Crippen molar-refractivity contribution < 1.29 is 9.90 Å². The Balaban J connectivity index is 2.69. The van der Waals surface area contributed by atoms with E-state index in [2.05, 4.69) is 4.98 Å². The number of hydrogen-bond donors (Lipinski definition) is 3. The van der Waals surface area contributed by atoms with Gasteiger partial charge in [-0.25, -0.2) is 4.79 Å². The van der Waals surface area contributed by atoms with E-state index < -0.39 is 5.97 Å². The minimum Gasteiger partial charge on any atom is -0.478 e. The topological polar surface area (TPSA) is 79.1 Å². The lowest BCUT2D eigenvalue weighted by Crippen LogP contribution is -2.03. The van der Waals surface area contributed by atoms with Gasteiger partial charge in [-0.1, -0.05) is 0 Å². The van der Waals surface area contributed by atoms with Crippen molar-refractivity contribution in [1.29, 1.82) is 0 Å². The summed E-state index contributed by atoms with van der Waals surface area (Å²) in [6.45, 7) is 4.39. The van der Waals surface area contributed by atoms with E-state index in [1.54, 1.807) is 6.07 Å². The van der Waals surface area contributed by atoms with Gasteiger partial charge in [-0.3, -0.25) is 0 Å². The Bertz CT molecular complexity index is 585. The van der Waals surface area contributed by atoms with Crippen LogP contribution in [-0.2, 0) is 6.42 Å². The van der Waals surface area contributed by atoms with Crippen LogP contribution in [0.25, 0.3) is 10.9 Å². The van der Waals surface area contributed by atoms with Gasteiger partial charge in [0.2, 0.25) is 0 Å². The number of aromatic carboxylic acids is 1. The smallest absolute Gasteiger partial charge is 0.336 e. The average molecular weight is 232 g/mol. The fourth-order valence-corrected chi connectivity index (χ4v) is 2.24. The molecule has 0 unspecified atom stereocenters. The summed E-state index contributed by atoms with van der Waals surface area (Å²) in [5, 5.41) is 10.1. The Morgan fingerprint density at radius 3 is 2.71 bits per heavy atom. The molecule has 0 saturated carbocycles. The zero-order chi connectivity index (χ0) is 12.6. The highest BCUT2D eigenvalue weighted by atomic mass is 16.4. The summed E-state index contributed by atoms with van der Waals surface area (Å²) in [6.07, 6.45) is 0.803. The van der Waals surface area contributed by atoms with Crippen molar-refractivity contribution in [2.24, 2.45) is 5.73 Å². The molecular formula is C13H16N2O2. The molecule has 0 amide bonds. The van der Waals surface area contributed by atoms with Gasteiger partial charge in [0, 0.05) is 16.6 Å². The standard InChI is InChI=1S/C13H16N2O2/c1-7-5-11-9(3-4-14)8(2)15-12(11)6-10(7)13(16)17/h5-6,15H,3-4,14H2,1-2H3,(H,16,17). The van der Waals surface area contributed by atoms with E-state index in [-0.39, 0.29) is 0 Å². The second kappa shape index (κ2) is 4.22. The van der Waals surface area contributed by atoms with E-state index in [1.807, 2.05) is 19.9 Å². The number of benzene rings is 1. The maximum Gasteiger partial charge on any atom is 0.336 e. The number of nitrogens with two attached hydrogens (primary N) is 1. The second-order valence-electron chi connectivity index (χ2n) is 4.29. The zero-order valence-electron chi connectivity index (χ0n) is 10.0. The monoisotopic (exact) mass is 232 g/mol. The molecule has 90 valence electrons. The maximum absolute atomic E-state index is 11.0. The molecule has 17 heavy (non-hydrogen) atoms. The first-order valence-electron chi connectivity index (χ1n) is 5.59. The summed E-state index contributed by atoms with van der Waals surface area (Å²) in [6, 6.07) is 3.62. The Morgan fingerprint density at radius 2 is 2.12 bits per heavy atom. The minimum atomic E-state index is -0.892. The molecule has 0 aliphatic carbocycles. The van der Waals surface area contributed by atoms with Crippen molar-refractivity contribution in [3.8, 4) is 0 Å². The number of fused-ring (bicyclic) bond motifs is 1. The van der Waals surface area contributed by atoms with Gasteiger partial charge in [0.05, 0.1) is 5.56 Å². The molecule has 4 N–H and O–H groups in total. The van der Waals surface area contributed by atoms with Gasteiger partial charge >= 0.3 is 5.97 Å². The van der Waals surface area contributed by atoms with Gasteiger partial charge in [0.15, 0.2) is 0 Å². The average Bonchev–Trinajstić information content (AvgIpc) is 2.55. The van der Waals surface area contributed by atoms with Crippen LogP contribution in [0.15, 0.2) is 12.1 Å². The molecule has 0 saturated heterocycles. The summed E-state index contributed by atoms with van der Waals surface area (Å²) in [5.41, 5.74) is 9.83. The highest BCUT2D eigenvalue weighted by Crippen LogP contribution is 2.25. The summed E-state index contributed by atoms with van der Waals surface area (Å²) in [5.74, 6) is -0.892. The van der Waals surface area contributed by atoms with Gasteiger partial charge in [0.25, 0.3) is 0 Å². The molecule has 2 aromatic rings. The molecule has 0 bridgehead atoms. The fraction of sp³-hybridized carbons (Fsp3) is 0.308. The van der Waals surface area contributed by atoms with Crippen molar-refractivity contribution in [1.82, 2.24) is 4.98 Å². The van der Waals surface area contributed by atoms with E-state index in [9.17, 15) is 4.79 Å². The molecule has 4 nitrogen and oxygen atoms in total. The van der Waals surface area contributed by atoms with Crippen molar-refractivity contribution >= 4 is 16.9 Å². The van der Waals surface area contributed by atoms with Crippen molar-refractivity contribution in [2.75, 3.05) is 6.54 Å². The van der Waals surface area contributed by atoms with Crippen LogP contribution in [0.1, 0.15) is 27.2 Å². The predicted octanol–water partition coefficient (Wildman–Crippen LogP) is 1.98. The van der Waals surface area contributed by atoms with Crippen LogP contribution in [0.2, 0.25) is 0 Å². The first-order valence-corrected chi connectivity index (χ1v) is 5.59. The quantitative estimate of drug-likeness (QED) is 0.757. The van der Waals surface area contributed by atoms with Gasteiger partial charge in [0.1, 0.15) is 0 Å². The number of hydrogen-bond acceptors (Lipinski definition) is 2. The van der Waals surface area contributed by atoms with E-state index >= 15 is 0 Å². The number of carbonyl (C=O) groups is 1. The van der Waals surface area contributed by atoms with E-state index in [0.717, 1.165) is 28.6 Å². The summed E-state index contributed by atoms with van der Waals surface area (Å²) >= 11 is 0. The third-order valence-corrected chi connectivity index (χ3v) is 3.09. The minimum absolute atomic E-state index is 0.345. The van der Waals surface area contributed by atoms with Crippen LogP contribution in [0.4, 0.5) is 0 Å². The molecule has 4 heteroatoms. The van der Waals surface area contributed by atoms with Crippen molar-refractivity contribution in [3.05, 3.63) is 34.5 Å². The van der Waals surface area contributed by atoms with Crippen LogP contribution in [0.5, 0.6) is 0 Å². The third kappa shape index (κ3) is 1.91. The maximum atomic E-state index is 11.0. The lowest BCUT2D eigenvalue weighted by Gasteiger charge is -2.02. The molecule has 0 atom stereocenters. The van der Waals surface area contributed by atoms with Crippen LogP contribution >= 0.6 is 0 Å². The number of aromatic nitrogens is 1. The first-order chi connectivity index (χ1) is 8.04. The molecule has 1 aromatic heterocycles. The summed E-state index contributed by atoms with van der Waals surface area (Å²) < 4.78 is 0. The van der Waals surface area contributed by atoms with Crippen LogP contribution in [0, 0.1) is 13.8 Å². The van der Waals surface area contributed by atoms with Crippen molar-refractivity contribution in [2.45, 2.75) is 20.3 Å². The number of rotatable bonds is 3. The van der Waals surface area contributed by atoms with E-state index in [1.165, 1.54) is 5.56 Å². The highest BCUT2D eigenvalue weighted by molar-refractivity contribution is 5.96. The van der Waals surface area contributed by atoms with E-state index in [4.69, 9.17) is 10.8 Å². The van der Waals surface area contributed by atoms with Gasteiger partial charge in [-0.15, -0.1) is 0 Å². The zero-order valence-corrected chi connectivity index (χ0v) is 10.0. The fourth-order valence-electron chi connectivity index (χ4n) is 2.24. The molecule has 0 aliphatic heterocycles. The van der Waals surface area contributed by atoms with Crippen LogP contribution < -0.4 is 5.73 Å². The SMILES string of the molecule is Cc1cc2c(CCN)c(C)[nH]c2cc1C(=O)O. The summed E-state index contributed by atoms with van der Waals surface area (Å²) in [7, 11) is 0. The molecule has 2 rings (SSSR count). The molecular weight excluding hydrogens is 216 g/mol. The first kappa shape index (κ1) is 11.7. The number of aryl methyl sites for hydroxylation is 2. The number of nitrogens with one attached hydrogen (secondary N) is 1. The van der Waals surface area contributed by atoms with Crippen LogP contribution in [-0.4, -0.2) is 22.6 Å². The van der Waals surface area contributed by atoms with Gasteiger partial charge < -0.3 is 15.8 Å². The number of aromatic amines is 1. The number of carboxylic acid groups (broad SMARTS) is 1. The Morgan fingerprint density at radius 1 is 1.41 bits per heavy atom. The molecule has 0 fully saturated rings. The number of H-pyrrole nitrogens is 1. The lowest BCUT2D eigenvalue weighted by atomic mass is 10.0. The van der Waals surface area contributed by atoms with Gasteiger partial charge in [-0.2, -0.15) is 0 Å². The Labute approximate surface area is 99.4 Å². The molecule has 0 spiro atoms. The lowest BCUT2D eigenvalue weighted by molar-refractivity contribution is 0.0696. The molecule has 1 heterocycles.